The van der Waals surface area contributed by atoms with Gasteiger partial charge in [0.15, 0.2) is 9.84 Å². The molecule has 3 aromatic rings. The van der Waals surface area contributed by atoms with Gasteiger partial charge in [-0.1, -0.05) is 6.07 Å². The van der Waals surface area contributed by atoms with E-state index in [1.807, 2.05) is 24.5 Å². The van der Waals surface area contributed by atoms with Gasteiger partial charge in [0.2, 0.25) is 0 Å². The smallest absolute Gasteiger partial charge is 0.261 e. The van der Waals surface area contributed by atoms with Crippen molar-refractivity contribution in [2.24, 2.45) is 7.05 Å². The molecule has 1 aromatic carbocycles. The summed E-state index contributed by atoms with van der Waals surface area (Å²) >= 11 is 0. The summed E-state index contributed by atoms with van der Waals surface area (Å²) in [5.41, 5.74) is 0.795. The molecule has 24 heavy (non-hydrogen) atoms. The maximum absolute atomic E-state index is 12.6. The molecule has 3 rings (SSSR count). The second kappa shape index (κ2) is 5.97. The average molecular weight is 344 g/mol. The molecule has 0 fully saturated rings. The van der Waals surface area contributed by atoms with Gasteiger partial charge in [-0.3, -0.25) is 9.48 Å². The Morgan fingerprint density at radius 1 is 1.17 bits per heavy atom. The third-order valence-corrected chi connectivity index (χ3v) is 4.63. The molecule has 0 bridgehead atoms. The fourth-order valence-electron chi connectivity index (χ4n) is 2.38. The molecule has 8 heteroatoms. The molecule has 0 atom stereocenters. The van der Waals surface area contributed by atoms with E-state index < -0.39 is 9.84 Å². The molecule has 2 heterocycles. The van der Waals surface area contributed by atoms with Gasteiger partial charge in [-0.05, 0) is 30.3 Å². The minimum atomic E-state index is -3.34. The Morgan fingerprint density at radius 2 is 1.88 bits per heavy atom. The fourth-order valence-corrected chi connectivity index (χ4v) is 3.04. The molecular weight excluding hydrogens is 328 g/mol. The molecule has 2 aromatic heterocycles. The molecule has 0 spiro atoms. The lowest BCUT2D eigenvalue weighted by Gasteiger charge is -2.09. The van der Waals surface area contributed by atoms with E-state index >= 15 is 0 Å². The van der Waals surface area contributed by atoms with Crippen molar-refractivity contribution >= 4 is 21.4 Å². The van der Waals surface area contributed by atoms with Gasteiger partial charge in [-0.25, -0.2) is 8.42 Å². The van der Waals surface area contributed by atoms with Crippen LogP contribution in [0.4, 0.5) is 5.69 Å². The van der Waals surface area contributed by atoms with Gasteiger partial charge in [0.1, 0.15) is 11.4 Å². The third-order valence-electron chi connectivity index (χ3n) is 3.52. The van der Waals surface area contributed by atoms with Crippen molar-refractivity contribution < 1.29 is 13.2 Å². The zero-order valence-corrected chi connectivity index (χ0v) is 14.0. The number of amides is 1. The molecule has 7 nitrogen and oxygen atoms in total. The van der Waals surface area contributed by atoms with Crippen LogP contribution in [0.1, 0.15) is 10.4 Å². The Bertz CT molecular complexity index is 988. The molecule has 1 amide bonds. The summed E-state index contributed by atoms with van der Waals surface area (Å²) in [6.45, 7) is 0. The van der Waals surface area contributed by atoms with Gasteiger partial charge in [0, 0.05) is 31.4 Å². The van der Waals surface area contributed by atoms with Crippen LogP contribution in [0.15, 0.2) is 59.9 Å². The molecule has 0 aliphatic heterocycles. The van der Waals surface area contributed by atoms with Crippen molar-refractivity contribution in [3.05, 3.63) is 60.6 Å². The van der Waals surface area contributed by atoms with Crippen LogP contribution >= 0.6 is 0 Å². The first-order valence-electron chi connectivity index (χ1n) is 7.13. The summed E-state index contributed by atoms with van der Waals surface area (Å²) in [6, 6.07) is 9.84. The second-order valence-corrected chi connectivity index (χ2v) is 7.37. The number of rotatable bonds is 4. The largest absolute Gasteiger partial charge is 0.322 e. The lowest BCUT2D eigenvalue weighted by atomic mass is 10.2. The monoisotopic (exact) mass is 344 g/mol. The molecule has 124 valence electrons. The maximum atomic E-state index is 12.6. The van der Waals surface area contributed by atoms with E-state index in [1.165, 1.54) is 18.3 Å². The van der Waals surface area contributed by atoms with Crippen LogP contribution in [0, 0.1) is 0 Å². The number of aryl methyl sites for hydroxylation is 1. The van der Waals surface area contributed by atoms with Gasteiger partial charge in [0.05, 0.1) is 11.1 Å². The SMILES string of the molecule is Cn1ncc(C(=O)Nc2cccc(S(C)(=O)=O)c2)c1-n1cccc1. The van der Waals surface area contributed by atoms with Gasteiger partial charge < -0.3 is 9.88 Å². The summed E-state index contributed by atoms with van der Waals surface area (Å²) in [6.07, 6.45) is 6.24. The van der Waals surface area contributed by atoms with Gasteiger partial charge in [0.25, 0.3) is 5.91 Å². The Hall–Kier alpha value is -2.87. The summed E-state index contributed by atoms with van der Waals surface area (Å²) in [5.74, 6) is 0.259. The Balaban J connectivity index is 1.92. The second-order valence-electron chi connectivity index (χ2n) is 5.35. The highest BCUT2D eigenvalue weighted by molar-refractivity contribution is 7.90. The molecule has 0 aliphatic carbocycles. The van der Waals surface area contributed by atoms with Crippen LogP contribution in [0.5, 0.6) is 0 Å². The predicted octanol–water partition coefficient (Wildman–Crippen LogP) is 1.87. The number of carbonyl (C=O) groups excluding carboxylic acids is 1. The first kappa shape index (κ1) is 16.0. The minimum Gasteiger partial charge on any atom is -0.322 e. The number of aromatic nitrogens is 3. The van der Waals surface area contributed by atoms with Crippen molar-refractivity contribution in [3.8, 4) is 5.82 Å². The number of hydrogen-bond donors (Lipinski definition) is 1. The van der Waals surface area contributed by atoms with Crippen LogP contribution in [-0.4, -0.2) is 34.9 Å². The number of carbonyl (C=O) groups is 1. The lowest BCUT2D eigenvalue weighted by Crippen LogP contribution is -2.15. The summed E-state index contributed by atoms with van der Waals surface area (Å²) in [7, 11) is -1.59. The van der Waals surface area contributed by atoms with E-state index in [0.717, 1.165) is 6.26 Å². The van der Waals surface area contributed by atoms with Crippen molar-refractivity contribution in [1.29, 1.82) is 0 Å². The van der Waals surface area contributed by atoms with Crippen molar-refractivity contribution in [2.75, 3.05) is 11.6 Å². The van der Waals surface area contributed by atoms with Crippen LogP contribution in [-0.2, 0) is 16.9 Å². The first-order chi connectivity index (χ1) is 11.4. The van der Waals surface area contributed by atoms with Gasteiger partial charge >= 0.3 is 0 Å². The molecular formula is C16H16N4O3S. The standard InChI is InChI=1S/C16H16N4O3S/c1-19-16(20-8-3-4-9-20)14(11-17-19)15(21)18-12-6-5-7-13(10-12)24(2,22)23/h3-11H,1-2H3,(H,18,21). The number of benzene rings is 1. The van der Waals surface area contributed by atoms with Crippen LogP contribution < -0.4 is 5.32 Å². The van der Waals surface area contributed by atoms with E-state index in [0.29, 0.717) is 17.1 Å². The number of anilines is 1. The van der Waals surface area contributed by atoms with Crippen LogP contribution in [0.25, 0.3) is 5.82 Å². The average Bonchev–Trinajstić information content (AvgIpc) is 3.15. The Kier molecular flexibility index (Phi) is 3.98. The Labute approximate surface area is 139 Å². The highest BCUT2D eigenvalue weighted by atomic mass is 32.2. The molecule has 0 aliphatic rings. The molecule has 0 saturated carbocycles. The van der Waals surface area contributed by atoms with Crippen LogP contribution in [0.2, 0.25) is 0 Å². The highest BCUT2D eigenvalue weighted by Crippen LogP contribution is 2.19. The topological polar surface area (TPSA) is 86.0 Å². The maximum Gasteiger partial charge on any atom is 0.261 e. The van der Waals surface area contributed by atoms with Gasteiger partial charge in [-0.15, -0.1) is 0 Å². The third kappa shape index (κ3) is 3.09. The quantitative estimate of drug-likeness (QED) is 0.783. The number of sulfone groups is 1. The number of nitrogens with one attached hydrogen (secondary N) is 1. The molecule has 1 N–H and O–H groups in total. The predicted molar refractivity (Wildman–Crippen MR) is 90.0 cm³/mol. The van der Waals surface area contributed by atoms with Crippen LogP contribution in [0.3, 0.4) is 0 Å². The van der Waals surface area contributed by atoms with Gasteiger partial charge in [-0.2, -0.15) is 5.10 Å². The zero-order chi connectivity index (χ0) is 17.3. The first-order valence-corrected chi connectivity index (χ1v) is 9.02. The van der Waals surface area contributed by atoms with Crippen molar-refractivity contribution in [3.63, 3.8) is 0 Å². The number of nitrogens with zero attached hydrogens (tertiary/aromatic N) is 3. The van der Waals surface area contributed by atoms with E-state index in [4.69, 9.17) is 0 Å². The van der Waals surface area contributed by atoms with E-state index in [2.05, 4.69) is 10.4 Å². The Morgan fingerprint density at radius 3 is 2.54 bits per heavy atom. The van der Waals surface area contributed by atoms with E-state index in [1.54, 1.807) is 28.4 Å². The molecule has 0 unspecified atom stereocenters. The van der Waals surface area contributed by atoms with E-state index in [-0.39, 0.29) is 10.8 Å². The lowest BCUT2D eigenvalue weighted by molar-refractivity contribution is 0.102. The molecule has 0 radical (unpaired) electrons. The normalized spacial score (nSPS) is 11.4. The zero-order valence-electron chi connectivity index (χ0n) is 13.2. The number of hydrogen-bond acceptors (Lipinski definition) is 4. The summed E-state index contributed by atoms with van der Waals surface area (Å²) < 4.78 is 26.6. The minimum absolute atomic E-state index is 0.150. The fraction of sp³-hybridized carbons (Fsp3) is 0.125. The highest BCUT2D eigenvalue weighted by Gasteiger charge is 2.18. The molecule has 0 saturated heterocycles. The van der Waals surface area contributed by atoms with E-state index in [9.17, 15) is 13.2 Å². The summed E-state index contributed by atoms with van der Waals surface area (Å²) in [5, 5.41) is 6.85. The van der Waals surface area contributed by atoms with Crippen molar-refractivity contribution in [2.45, 2.75) is 4.90 Å². The summed E-state index contributed by atoms with van der Waals surface area (Å²) in [4.78, 5) is 12.7. The van der Waals surface area contributed by atoms with Crippen molar-refractivity contribution in [1.82, 2.24) is 14.3 Å².